The van der Waals surface area contributed by atoms with E-state index < -0.39 is 47.3 Å². The van der Waals surface area contributed by atoms with Crippen molar-refractivity contribution in [3.05, 3.63) is 196 Å². The standard InChI is InChI=1S/C72H83N17O13/c1-43(90)76-53(18-20-75-68(97)57-32-49(39-86(57)7)78-69(98)58-33-50(40-87(58)8)79-70(99)59-34-51(41-88(59)9)80-71(100)66-73-21-24-82(66)3)61(92)35-52-42-89(10)65(77-52)64(95)30-46-27-56(85(6)38-46)63(94)29-45-26-55(84(5)37-45)62(93)28-44-25-54(83(4)36-44)60(91)17-11-12-22-81(2)23-14-19-74-67(96)47-15-13-16-48(31-47)72(101)102/h13,15-16,21,24-27,31-34,36-42,53H,11-12,14,17-20,22-23,28-30,35H2,1-10H3,(H,74,96)(H,75,97)(H,76,90)(H,78,98)(H,79,99)(H,80,100)(H,101,102)/p-1/t53-/m1/s1. The number of nitrogens with one attached hydrogen (secondary N) is 6. The number of aromatic carboxylic acids is 1. The Balaban J connectivity index is 0.697. The van der Waals surface area contributed by atoms with Gasteiger partial charge in [-0.3, -0.25) is 52.7 Å². The number of imidazole rings is 2. The summed E-state index contributed by atoms with van der Waals surface area (Å²) in [6.07, 6.45) is 16.6. The molecule has 534 valence electrons. The fourth-order valence-electron chi connectivity index (χ4n) is 12.1. The highest BCUT2D eigenvalue weighted by molar-refractivity contribution is 6.09. The molecule has 6 N–H and O–H groups in total. The lowest BCUT2D eigenvalue weighted by molar-refractivity contribution is -0.255. The number of Topliss-reactive ketones (excluding diaryl/α,β-unsaturated/α-hetero) is 5. The second-order valence-electron chi connectivity index (χ2n) is 25.5. The summed E-state index contributed by atoms with van der Waals surface area (Å²) >= 11 is 0. The van der Waals surface area contributed by atoms with Gasteiger partial charge >= 0.3 is 0 Å². The normalized spacial score (nSPS) is 11.5. The van der Waals surface area contributed by atoms with Gasteiger partial charge in [-0.25, -0.2) is 9.97 Å². The summed E-state index contributed by atoms with van der Waals surface area (Å²) in [5.41, 5.74) is 5.06. The lowest BCUT2D eigenvalue weighted by atomic mass is 10.0. The van der Waals surface area contributed by atoms with Crippen LogP contribution in [0.4, 0.5) is 17.1 Å². The van der Waals surface area contributed by atoms with Gasteiger partial charge in [0.05, 0.1) is 58.3 Å². The van der Waals surface area contributed by atoms with Crippen LogP contribution in [0.2, 0.25) is 0 Å². The number of carbonyl (C=O) groups is 12. The van der Waals surface area contributed by atoms with Gasteiger partial charge in [-0.15, -0.1) is 0 Å². The molecule has 0 saturated heterocycles. The number of aromatic nitrogens is 10. The maximum Gasteiger partial charge on any atom is 0.291 e. The lowest BCUT2D eigenvalue weighted by Gasteiger charge is -2.16. The third-order valence-electron chi connectivity index (χ3n) is 17.2. The molecule has 0 fully saturated rings. The number of hydrogen-bond acceptors (Lipinski definition) is 16. The molecule has 1 atom stereocenters. The van der Waals surface area contributed by atoms with E-state index in [2.05, 4.69) is 46.8 Å². The summed E-state index contributed by atoms with van der Waals surface area (Å²) in [6, 6.07) is 14.2. The third-order valence-corrected chi connectivity index (χ3v) is 17.2. The largest absolute Gasteiger partial charge is 0.545 e. The van der Waals surface area contributed by atoms with E-state index in [1.54, 1.807) is 141 Å². The summed E-state index contributed by atoms with van der Waals surface area (Å²) in [6.45, 7) is 3.07. The van der Waals surface area contributed by atoms with Gasteiger partial charge in [0.1, 0.15) is 17.1 Å². The minimum Gasteiger partial charge on any atom is -0.545 e. The maximum absolute atomic E-state index is 13.8. The van der Waals surface area contributed by atoms with Crippen LogP contribution in [0.25, 0.3) is 0 Å². The number of nitrogens with zero attached hydrogens (tertiary/aromatic N) is 11. The van der Waals surface area contributed by atoms with Crippen molar-refractivity contribution in [2.75, 3.05) is 49.2 Å². The number of aryl methyl sites for hydroxylation is 8. The van der Waals surface area contributed by atoms with E-state index in [0.29, 0.717) is 83.2 Å². The molecule has 6 amide bonds. The van der Waals surface area contributed by atoms with Crippen LogP contribution in [0.3, 0.4) is 0 Å². The lowest BCUT2D eigenvalue weighted by Crippen LogP contribution is -2.43. The van der Waals surface area contributed by atoms with Crippen molar-refractivity contribution in [2.24, 2.45) is 56.4 Å². The Kier molecular flexibility index (Phi) is 23.8. The monoisotopic (exact) mass is 1390 g/mol. The Bertz CT molecular complexity index is 4730. The van der Waals surface area contributed by atoms with E-state index in [-0.39, 0.29) is 113 Å². The van der Waals surface area contributed by atoms with E-state index in [1.807, 2.05) is 7.05 Å². The molecule has 0 bridgehead atoms. The number of hydrogen-bond donors (Lipinski definition) is 6. The van der Waals surface area contributed by atoms with Crippen LogP contribution >= 0.6 is 0 Å². The smallest absolute Gasteiger partial charge is 0.291 e. The molecule has 8 aromatic heterocycles. The van der Waals surface area contributed by atoms with Crippen LogP contribution in [0.1, 0.15) is 166 Å². The van der Waals surface area contributed by atoms with Crippen molar-refractivity contribution < 1.29 is 62.6 Å². The van der Waals surface area contributed by atoms with Crippen LogP contribution in [-0.4, -0.2) is 161 Å². The second-order valence-corrected chi connectivity index (χ2v) is 25.5. The topological polar surface area (TPSA) is 369 Å². The summed E-state index contributed by atoms with van der Waals surface area (Å²) < 4.78 is 12.7. The molecule has 9 rings (SSSR count). The number of ketones is 5. The zero-order chi connectivity index (χ0) is 73.8. The van der Waals surface area contributed by atoms with E-state index >= 15 is 0 Å². The van der Waals surface area contributed by atoms with Gasteiger partial charge in [0.25, 0.3) is 29.5 Å². The van der Waals surface area contributed by atoms with Crippen LogP contribution in [0.15, 0.2) is 116 Å². The second kappa shape index (κ2) is 32.7. The minimum absolute atomic E-state index is 0.00560. The molecule has 30 heteroatoms. The van der Waals surface area contributed by atoms with Crippen molar-refractivity contribution in [3.8, 4) is 0 Å². The Morgan fingerprint density at radius 3 is 1.47 bits per heavy atom. The predicted molar refractivity (Wildman–Crippen MR) is 374 cm³/mol. The van der Waals surface area contributed by atoms with Gasteiger partial charge in [0.15, 0.2) is 34.8 Å². The predicted octanol–water partition coefficient (Wildman–Crippen LogP) is 4.12. The molecule has 9 aromatic rings. The molecule has 0 radical (unpaired) electrons. The SMILES string of the molecule is CC(=O)N[C@H](CCNC(=O)c1cc(NC(=O)c2cc(NC(=O)c3cc(NC(=O)c4nccn4C)cn3C)cn2C)cn1C)C(=O)Cc1cn(C)c(C(=O)Cc2cc(C(=O)Cc3cc(C(=O)Cc4cc(C(=O)CCCCN(C)CCCNC(=O)c5cccc(C(=O)[O-])c5)n(C)c4)n(C)c3)n(C)c2)n1. The highest BCUT2D eigenvalue weighted by atomic mass is 16.4. The van der Waals surface area contributed by atoms with Gasteiger partial charge in [0.2, 0.25) is 11.7 Å². The van der Waals surface area contributed by atoms with Gasteiger partial charge in [-0.05, 0) is 117 Å². The van der Waals surface area contributed by atoms with Gasteiger partial charge in [-0.1, -0.05) is 12.1 Å². The van der Waals surface area contributed by atoms with Crippen molar-refractivity contribution in [1.82, 2.24) is 67.4 Å². The molecular formula is C72H82N17O13-. The number of carboxylic acid groups (broad SMARTS) is 1. The van der Waals surface area contributed by atoms with Crippen molar-refractivity contribution >= 4 is 87.4 Å². The molecule has 8 heterocycles. The molecule has 0 saturated carbocycles. The Labute approximate surface area is 587 Å². The number of rotatable bonds is 35. The number of anilines is 3. The maximum atomic E-state index is 13.8. The van der Waals surface area contributed by atoms with Gasteiger partial charge in [0, 0.05) is 163 Å². The molecule has 0 aliphatic heterocycles. The highest BCUT2D eigenvalue weighted by Crippen LogP contribution is 2.23. The van der Waals surface area contributed by atoms with Gasteiger partial charge < -0.3 is 83.2 Å². The average molecular weight is 1390 g/mol. The molecular weight excluding hydrogens is 1310 g/mol. The van der Waals surface area contributed by atoms with Crippen LogP contribution in [0, 0.1) is 0 Å². The van der Waals surface area contributed by atoms with E-state index in [0.717, 1.165) is 13.0 Å². The van der Waals surface area contributed by atoms with E-state index in [9.17, 15) is 62.6 Å². The molecule has 0 spiro atoms. The van der Waals surface area contributed by atoms with E-state index in [1.165, 1.54) is 75.5 Å². The summed E-state index contributed by atoms with van der Waals surface area (Å²) in [5, 5.41) is 27.6. The minimum atomic E-state index is -1.35. The zero-order valence-electron chi connectivity index (χ0n) is 58.5. The first-order chi connectivity index (χ1) is 48.5. The number of carbonyl (C=O) groups excluding carboxylic acids is 12. The Morgan fingerprint density at radius 1 is 0.471 bits per heavy atom. The van der Waals surface area contributed by atoms with Crippen LogP contribution < -0.4 is 37.0 Å². The molecule has 0 aliphatic carbocycles. The molecule has 0 aliphatic rings. The Morgan fingerprint density at radius 2 is 0.951 bits per heavy atom. The summed E-state index contributed by atoms with van der Waals surface area (Å²) in [5.74, 6) is -5.26. The summed E-state index contributed by atoms with van der Waals surface area (Å²) in [7, 11) is 15.3. The summed E-state index contributed by atoms with van der Waals surface area (Å²) in [4.78, 5) is 168. The first kappa shape index (κ1) is 74.2. The zero-order valence-corrected chi connectivity index (χ0v) is 58.5. The molecule has 102 heavy (non-hydrogen) atoms. The van der Waals surface area contributed by atoms with Crippen molar-refractivity contribution in [2.45, 2.75) is 70.8 Å². The molecule has 30 nitrogen and oxygen atoms in total. The highest BCUT2D eigenvalue weighted by Gasteiger charge is 2.27. The fourth-order valence-corrected chi connectivity index (χ4v) is 12.1. The average Bonchev–Trinajstić information content (AvgIpc) is 1.68. The quantitative estimate of drug-likeness (QED) is 0.0240. The first-order valence-corrected chi connectivity index (χ1v) is 32.9. The Hall–Kier alpha value is -12.1. The number of carboxylic acids is 1. The third kappa shape index (κ3) is 18.8. The van der Waals surface area contributed by atoms with Crippen molar-refractivity contribution in [1.29, 1.82) is 0 Å². The fraction of sp³-hybridized carbons (Fsp3) is 0.333. The molecule has 0 unspecified atom stereocenters. The first-order valence-electron chi connectivity index (χ1n) is 32.9. The van der Waals surface area contributed by atoms with Crippen LogP contribution in [-0.2, 0) is 91.7 Å². The van der Waals surface area contributed by atoms with Crippen LogP contribution in [0.5, 0.6) is 0 Å². The van der Waals surface area contributed by atoms with Gasteiger partial charge in [-0.2, -0.15) is 0 Å². The number of amides is 6. The van der Waals surface area contributed by atoms with E-state index in [4.69, 9.17) is 0 Å². The number of unbranched alkanes of at least 4 members (excludes halogenated alkanes) is 1. The number of benzene rings is 1. The molecule has 1 aromatic carbocycles. The van der Waals surface area contributed by atoms with Crippen molar-refractivity contribution in [3.63, 3.8) is 0 Å².